The molecule has 0 unspecified atom stereocenters. The molecule has 0 aliphatic carbocycles. The van der Waals surface area contributed by atoms with Gasteiger partial charge in [0.25, 0.3) is 0 Å². The van der Waals surface area contributed by atoms with Gasteiger partial charge in [-0.1, -0.05) is 6.07 Å². The highest BCUT2D eigenvalue weighted by molar-refractivity contribution is 5.98. The van der Waals surface area contributed by atoms with Gasteiger partial charge in [-0.15, -0.1) is 0 Å². The van der Waals surface area contributed by atoms with Crippen LogP contribution in [0.1, 0.15) is 22.8 Å². The normalized spacial score (nSPS) is 13.9. The highest BCUT2D eigenvalue weighted by atomic mass is 16.6. The van der Waals surface area contributed by atoms with Gasteiger partial charge in [0.2, 0.25) is 0 Å². The Morgan fingerprint density at radius 3 is 2.50 bits per heavy atom. The van der Waals surface area contributed by atoms with Gasteiger partial charge in [-0.05, 0) is 25.5 Å². The number of ether oxygens (including phenoxy) is 2. The average Bonchev–Trinajstić information content (AvgIpc) is 2.18. The van der Waals surface area contributed by atoms with Crippen molar-refractivity contribution in [2.75, 3.05) is 13.2 Å². The van der Waals surface area contributed by atoms with E-state index in [0.29, 0.717) is 30.3 Å². The van der Waals surface area contributed by atoms with Gasteiger partial charge >= 0.3 is 0 Å². The van der Waals surface area contributed by atoms with Crippen LogP contribution in [-0.2, 0) is 0 Å². The first kappa shape index (κ1) is 9.06. The molecule has 0 N–H and O–H groups in total. The maximum Gasteiger partial charge on any atom is 0.172 e. The smallest absolute Gasteiger partial charge is 0.172 e. The Balaban J connectivity index is 2.59. The van der Waals surface area contributed by atoms with Gasteiger partial charge in [0.1, 0.15) is 13.2 Å². The number of benzene rings is 1. The fourth-order valence-electron chi connectivity index (χ4n) is 1.55. The first-order chi connectivity index (χ1) is 6.70. The summed E-state index contributed by atoms with van der Waals surface area (Å²) in [5.74, 6) is 1.32. The van der Waals surface area contributed by atoms with Crippen LogP contribution in [0.3, 0.4) is 0 Å². The van der Waals surface area contributed by atoms with Gasteiger partial charge in [0.05, 0.1) is 5.56 Å². The summed E-state index contributed by atoms with van der Waals surface area (Å²) in [5.41, 5.74) is 1.61. The molecule has 0 saturated carbocycles. The molecule has 0 fully saturated rings. The van der Waals surface area contributed by atoms with Crippen molar-refractivity contribution in [3.05, 3.63) is 23.3 Å². The Labute approximate surface area is 82.6 Å². The minimum absolute atomic E-state index is 0.00625. The summed E-state index contributed by atoms with van der Waals surface area (Å²) in [6, 6.07) is 3.66. The van der Waals surface area contributed by atoms with Crippen molar-refractivity contribution in [1.29, 1.82) is 0 Å². The number of Topliss-reactive ketones (excluding diaryl/α,β-unsaturated/α-hetero) is 1. The number of ketones is 1. The third kappa shape index (κ3) is 1.35. The number of carbonyl (C=O) groups is 1. The highest BCUT2D eigenvalue weighted by Crippen LogP contribution is 2.36. The molecule has 1 aliphatic rings. The van der Waals surface area contributed by atoms with Crippen molar-refractivity contribution in [1.82, 2.24) is 0 Å². The second-order valence-corrected chi connectivity index (χ2v) is 3.34. The van der Waals surface area contributed by atoms with Crippen LogP contribution in [0.25, 0.3) is 0 Å². The number of rotatable bonds is 1. The van der Waals surface area contributed by atoms with Gasteiger partial charge in [0.15, 0.2) is 17.3 Å². The minimum atomic E-state index is 0.00625. The molecule has 1 aromatic carbocycles. The summed E-state index contributed by atoms with van der Waals surface area (Å²) in [5, 5.41) is 0. The molecular formula is C11H12O3. The van der Waals surface area contributed by atoms with Crippen LogP contribution in [0.4, 0.5) is 0 Å². The van der Waals surface area contributed by atoms with Crippen LogP contribution in [0.2, 0.25) is 0 Å². The summed E-state index contributed by atoms with van der Waals surface area (Å²) in [6.45, 7) is 4.53. The summed E-state index contributed by atoms with van der Waals surface area (Å²) in [4.78, 5) is 11.3. The molecule has 0 saturated heterocycles. The van der Waals surface area contributed by atoms with Crippen molar-refractivity contribution >= 4 is 5.78 Å². The fraction of sp³-hybridized carbons (Fsp3) is 0.364. The number of carbonyl (C=O) groups excluding carboxylic acids is 1. The number of aryl methyl sites for hydroxylation is 1. The lowest BCUT2D eigenvalue weighted by Crippen LogP contribution is -2.18. The summed E-state index contributed by atoms with van der Waals surface area (Å²) in [6.07, 6.45) is 0. The van der Waals surface area contributed by atoms with Gasteiger partial charge in [-0.3, -0.25) is 4.79 Å². The Kier molecular flexibility index (Phi) is 2.15. The van der Waals surface area contributed by atoms with Crippen LogP contribution in [0.15, 0.2) is 12.1 Å². The SMILES string of the molecule is CC(=O)c1ccc(C)c2c1OCCO2. The molecule has 74 valence electrons. The number of hydrogen-bond donors (Lipinski definition) is 0. The average molecular weight is 192 g/mol. The monoisotopic (exact) mass is 192 g/mol. The number of fused-ring (bicyclic) bond motifs is 1. The summed E-state index contributed by atoms with van der Waals surface area (Å²) >= 11 is 0. The molecule has 1 aliphatic heterocycles. The van der Waals surface area contributed by atoms with Crippen molar-refractivity contribution in [2.24, 2.45) is 0 Å². The van der Waals surface area contributed by atoms with E-state index in [1.165, 1.54) is 6.92 Å². The minimum Gasteiger partial charge on any atom is -0.486 e. The zero-order valence-corrected chi connectivity index (χ0v) is 8.29. The van der Waals surface area contributed by atoms with E-state index in [9.17, 15) is 4.79 Å². The van der Waals surface area contributed by atoms with Crippen molar-refractivity contribution in [3.63, 3.8) is 0 Å². The molecule has 0 aromatic heterocycles. The van der Waals surface area contributed by atoms with E-state index in [0.717, 1.165) is 5.56 Å². The molecule has 1 heterocycles. The maximum absolute atomic E-state index is 11.3. The fourth-order valence-corrected chi connectivity index (χ4v) is 1.55. The molecule has 0 atom stereocenters. The summed E-state index contributed by atoms with van der Waals surface area (Å²) in [7, 11) is 0. The zero-order chi connectivity index (χ0) is 10.1. The van der Waals surface area contributed by atoms with E-state index >= 15 is 0 Å². The molecule has 0 radical (unpaired) electrons. The van der Waals surface area contributed by atoms with Crippen molar-refractivity contribution in [3.8, 4) is 11.5 Å². The van der Waals surface area contributed by atoms with Crippen molar-refractivity contribution < 1.29 is 14.3 Å². The molecule has 3 heteroatoms. The van der Waals surface area contributed by atoms with E-state index in [1.54, 1.807) is 6.07 Å². The lowest BCUT2D eigenvalue weighted by Gasteiger charge is -2.21. The maximum atomic E-state index is 11.3. The van der Waals surface area contributed by atoms with Gasteiger partial charge < -0.3 is 9.47 Å². The van der Waals surface area contributed by atoms with E-state index < -0.39 is 0 Å². The second kappa shape index (κ2) is 3.33. The lowest BCUT2D eigenvalue weighted by molar-refractivity contribution is 0.100. The van der Waals surface area contributed by atoms with E-state index in [4.69, 9.17) is 9.47 Å². The molecule has 0 bridgehead atoms. The van der Waals surface area contributed by atoms with E-state index in [2.05, 4.69) is 0 Å². The number of hydrogen-bond acceptors (Lipinski definition) is 3. The van der Waals surface area contributed by atoms with E-state index in [-0.39, 0.29) is 5.78 Å². The van der Waals surface area contributed by atoms with Crippen molar-refractivity contribution in [2.45, 2.75) is 13.8 Å². The standard InChI is InChI=1S/C11H12O3/c1-7-3-4-9(8(2)12)11-10(7)13-5-6-14-11/h3-4H,5-6H2,1-2H3. The Morgan fingerprint density at radius 2 is 1.86 bits per heavy atom. The molecule has 1 aromatic rings. The Morgan fingerprint density at radius 1 is 1.21 bits per heavy atom. The second-order valence-electron chi connectivity index (χ2n) is 3.34. The molecule has 14 heavy (non-hydrogen) atoms. The van der Waals surface area contributed by atoms with Crippen LogP contribution < -0.4 is 9.47 Å². The zero-order valence-electron chi connectivity index (χ0n) is 8.29. The topological polar surface area (TPSA) is 35.5 Å². The molecular weight excluding hydrogens is 180 g/mol. The summed E-state index contributed by atoms with van der Waals surface area (Å²) < 4.78 is 10.9. The molecule has 2 rings (SSSR count). The molecule has 3 nitrogen and oxygen atoms in total. The predicted molar refractivity (Wildman–Crippen MR) is 52.2 cm³/mol. The van der Waals surface area contributed by atoms with Crippen LogP contribution in [0.5, 0.6) is 11.5 Å². The highest BCUT2D eigenvalue weighted by Gasteiger charge is 2.20. The third-order valence-corrected chi connectivity index (χ3v) is 2.26. The molecule has 0 amide bonds. The van der Waals surface area contributed by atoms with Crippen LogP contribution in [-0.4, -0.2) is 19.0 Å². The third-order valence-electron chi connectivity index (χ3n) is 2.26. The van der Waals surface area contributed by atoms with Gasteiger partial charge in [-0.2, -0.15) is 0 Å². The lowest BCUT2D eigenvalue weighted by atomic mass is 10.1. The van der Waals surface area contributed by atoms with Crippen LogP contribution in [0, 0.1) is 6.92 Å². The van der Waals surface area contributed by atoms with Gasteiger partial charge in [-0.25, -0.2) is 0 Å². The first-order valence-corrected chi connectivity index (χ1v) is 4.60. The van der Waals surface area contributed by atoms with Gasteiger partial charge in [0, 0.05) is 0 Å². The Bertz CT molecular complexity index is 382. The Hall–Kier alpha value is -1.51. The molecule has 0 spiro atoms. The van der Waals surface area contributed by atoms with E-state index in [1.807, 2.05) is 13.0 Å². The quantitative estimate of drug-likeness (QED) is 0.638. The largest absolute Gasteiger partial charge is 0.486 e. The van der Waals surface area contributed by atoms with Crippen LogP contribution >= 0.6 is 0 Å². The first-order valence-electron chi connectivity index (χ1n) is 4.60. The predicted octanol–water partition coefficient (Wildman–Crippen LogP) is 1.97.